The highest BCUT2D eigenvalue weighted by Gasteiger charge is 2.28. The van der Waals surface area contributed by atoms with Crippen molar-refractivity contribution >= 4 is 24.3 Å². The van der Waals surface area contributed by atoms with Crippen LogP contribution in [0, 0.1) is 6.92 Å². The van der Waals surface area contributed by atoms with Crippen LogP contribution >= 0.6 is 11.6 Å². The monoisotopic (exact) mass is 505 g/mol. The summed E-state index contributed by atoms with van der Waals surface area (Å²) in [6.45, 7) is 8.29. The van der Waals surface area contributed by atoms with E-state index < -0.39 is 0 Å². The molecule has 0 spiro atoms. The third-order valence-electron chi connectivity index (χ3n) is 6.90. The van der Waals surface area contributed by atoms with Crippen molar-refractivity contribution in [3.8, 4) is 11.1 Å². The van der Waals surface area contributed by atoms with Crippen LogP contribution in [0.1, 0.15) is 56.0 Å². The number of aliphatic imine (C=N–C) groups is 1. The second kappa shape index (κ2) is 12.7. The SMILES string of the molecule is C=N/C(=N\n1c(C2CCC(N(C)C)CC2)cc(-c2cnn(C(CO)CCl)c2)c1C)N[C@@H](C)COC. The Hall–Kier alpha value is -2.20. The molecule has 1 saturated carbocycles. The van der Waals surface area contributed by atoms with E-state index in [0.717, 1.165) is 42.5 Å². The number of guanidine groups is 1. The fraction of sp³-hybridized carbons (Fsp3) is 0.640. The maximum atomic E-state index is 9.63. The van der Waals surface area contributed by atoms with Crippen LogP contribution in [-0.4, -0.2) is 89.5 Å². The zero-order valence-electron chi connectivity index (χ0n) is 21.6. The summed E-state index contributed by atoms with van der Waals surface area (Å²) >= 11 is 6.01. The Morgan fingerprint density at radius 2 is 2.09 bits per heavy atom. The number of nitrogens with zero attached hydrogens (tertiary/aromatic N) is 6. The first-order chi connectivity index (χ1) is 16.8. The Morgan fingerprint density at radius 1 is 1.37 bits per heavy atom. The normalized spacial score (nSPS) is 20.7. The molecule has 1 aliphatic carbocycles. The van der Waals surface area contributed by atoms with E-state index in [2.05, 4.69) is 54.1 Å². The van der Waals surface area contributed by atoms with E-state index in [0.29, 0.717) is 30.4 Å². The Bertz CT molecular complexity index is 988. The van der Waals surface area contributed by atoms with Crippen LogP contribution in [0.2, 0.25) is 0 Å². The highest BCUT2D eigenvalue weighted by Crippen LogP contribution is 2.38. The predicted octanol–water partition coefficient (Wildman–Crippen LogP) is 3.46. The van der Waals surface area contributed by atoms with Crippen molar-refractivity contribution in [2.24, 2.45) is 10.1 Å². The molecule has 1 aliphatic rings. The minimum absolute atomic E-state index is 0.0442. The molecular formula is C25H40ClN7O2. The van der Waals surface area contributed by atoms with Gasteiger partial charge in [-0.1, -0.05) is 0 Å². The van der Waals surface area contributed by atoms with Gasteiger partial charge in [-0.2, -0.15) is 5.10 Å². The van der Waals surface area contributed by atoms with Gasteiger partial charge in [0.2, 0.25) is 5.96 Å². The molecule has 2 aromatic rings. The molecule has 2 N–H and O–H groups in total. The van der Waals surface area contributed by atoms with Gasteiger partial charge in [0.15, 0.2) is 0 Å². The van der Waals surface area contributed by atoms with E-state index in [1.807, 2.05) is 24.0 Å². The molecule has 0 bridgehead atoms. The molecule has 0 saturated heterocycles. The van der Waals surface area contributed by atoms with Crippen molar-refractivity contribution in [3.63, 3.8) is 0 Å². The van der Waals surface area contributed by atoms with E-state index in [1.165, 1.54) is 5.69 Å². The summed E-state index contributed by atoms with van der Waals surface area (Å²) in [5, 5.41) is 22.3. The number of alkyl halides is 1. The average Bonchev–Trinajstić information content (AvgIpc) is 3.45. The summed E-state index contributed by atoms with van der Waals surface area (Å²) in [4.78, 5) is 6.47. The predicted molar refractivity (Wildman–Crippen MR) is 143 cm³/mol. The Labute approximate surface area is 213 Å². The van der Waals surface area contributed by atoms with Crippen LogP contribution in [0.5, 0.6) is 0 Å². The maximum absolute atomic E-state index is 9.63. The number of aliphatic hydroxyl groups is 1. The van der Waals surface area contributed by atoms with Crippen molar-refractivity contribution in [2.45, 2.75) is 63.6 Å². The van der Waals surface area contributed by atoms with Gasteiger partial charge in [-0.3, -0.25) is 4.68 Å². The van der Waals surface area contributed by atoms with Gasteiger partial charge in [-0.05, 0) is 66.4 Å². The van der Waals surface area contributed by atoms with Crippen LogP contribution in [-0.2, 0) is 4.74 Å². The molecule has 0 radical (unpaired) electrons. The molecule has 2 heterocycles. The highest BCUT2D eigenvalue weighted by atomic mass is 35.5. The lowest BCUT2D eigenvalue weighted by Crippen LogP contribution is -2.35. The number of rotatable bonds is 10. The standard InChI is InChI=1S/C25H40ClN7O2/c1-17(16-35-6)29-25(27-3)30-33-18(2)23(20-13-28-32(14-20)22(12-26)15-34)11-24(33)19-7-9-21(10-8-19)31(4)5/h11,13-14,17,19,21-22,34H,3,7-10,12,15-16H2,1-2,4-6H3,(H,29,30)/t17-,19?,21?,22?/m0/s1. The number of hydrogen-bond donors (Lipinski definition) is 2. The number of methoxy groups -OCH3 is 1. The molecule has 1 fully saturated rings. The van der Waals surface area contributed by atoms with Crippen molar-refractivity contribution in [3.05, 3.63) is 29.8 Å². The topological polar surface area (TPSA) is 92.2 Å². The highest BCUT2D eigenvalue weighted by molar-refractivity contribution is 6.18. The maximum Gasteiger partial charge on any atom is 0.240 e. The molecule has 0 aliphatic heterocycles. The summed E-state index contributed by atoms with van der Waals surface area (Å²) in [6.07, 6.45) is 8.28. The number of ether oxygens (including phenoxy) is 1. The molecule has 194 valence electrons. The first-order valence-electron chi connectivity index (χ1n) is 12.2. The fourth-order valence-electron chi connectivity index (χ4n) is 4.82. The summed E-state index contributed by atoms with van der Waals surface area (Å²) in [7, 11) is 5.99. The van der Waals surface area contributed by atoms with E-state index in [9.17, 15) is 5.11 Å². The zero-order valence-corrected chi connectivity index (χ0v) is 22.4. The molecule has 9 nitrogen and oxygen atoms in total. The number of hydrogen-bond acceptors (Lipinski definition) is 5. The van der Waals surface area contributed by atoms with Gasteiger partial charge in [-0.25, -0.2) is 9.67 Å². The van der Waals surface area contributed by atoms with Crippen LogP contribution in [0.4, 0.5) is 0 Å². The van der Waals surface area contributed by atoms with E-state index >= 15 is 0 Å². The van der Waals surface area contributed by atoms with Gasteiger partial charge in [0, 0.05) is 59.7 Å². The number of aromatic nitrogens is 3. The second-order valence-electron chi connectivity index (χ2n) is 9.63. The minimum Gasteiger partial charge on any atom is -0.394 e. The zero-order chi connectivity index (χ0) is 25.5. The first kappa shape index (κ1) is 27.4. The Balaban J connectivity index is 2.01. The van der Waals surface area contributed by atoms with Crippen LogP contribution in [0.3, 0.4) is 0 Å². The summed E-state index contributed by atoms with van der Waals surface area (Å²) in [5.74, 6) is 1.15. The lowest BCUT2D eigenvalue weighted by atomic mass is 9.83. The summed E-state index contributed by atoms with van der Waals surface area (Å²) in [6, 6.07) is 2.64. The van der Waals surface area contributed by atoms with Crippen molar-refractivity contribution in [2.75, 3.05) is 40.3 Å². The molecule has 35 heavy (non-hydrogen) atoms. The summed E-state index contributed by atoms with van der Waals surface area (Å²) in [5.41, 5.74) is 4.20. The second-order valence-corrected chi connectivity index (χ2v) is 9.94. The quantitative estimate of drug-likeness (QED) is 0.293. The number of aliphatic hydroxyl groups excluding tert-OH is 1. The van der Waals surface area contributed by atoms with Crippen LogP contribution < -0.4 is 5.32 Å². The van der Waals surface area contributed by atoms with E-state index in [-0.39, 0.29) is 18.7 Å². The Morgan fingerprint density at radius 3 is 2.66 bits per heavy atom. The molecule has 2 atom stereocenters. The molecule has 0 amide bonds. The minimum atomic E-state index is -0.255. The van der Waals surface area contributed by atoms with Crippen LogP contribution in [0.15, 0.2) is 28.6 Å². The lowest BCUT2D eigenvalue weighted by Gasteiger charge is -2.32. The Kier molecular flexibility index (Phi) is 9.91. The lowest BCUT2D eigenvalue weighted by molar-refractivity contribution is 0.179. The number of nitrogens with one attached hydrogen (secondary N) is 1. The smallest absolute Gasteiger partial charge is 0.240 e. The molecule has 3 rings (SSSR count). The van der Waals surface area contributed by atoms with Gasteiger partial charge in [-0.15, -0.1) is 16.7 Å². The molecule has 0 aromatic carbocycles. The van der Waals surface area contributed by atoms with E-state index in [1.54, 1.807) is 11.8 Å². The third kappa shape index (κ3) is 6.52. The average molecular weight is 506 g/mol. The number of halogens is 1. The third-order valence-corrected chi connectivity index (χ3v) is 7.26. The fourth-order valence-corrected chi connectivity index (χ4v) is 5.06. The largest absolute Gasteiger partial charge is 0.394 e. The van der Waals surface area contributed by atoms with Gasteiger partial charge in [0.05, 0.1) is 25.5 Å². The molecule has 1 unspecified atom stereocenters. The van der Waals surface area contributed by atoms with Gasteiger partial charge >= 0.3 is 0 Å². The van der Waals surface area contributed by atoms with Crippen molar-refractivity contribution in [1.82, 2.24) is 24.7 Å². The van der Waals surface area contributed by atoms with Gasteiger partial charge in [0.1, 0.15) is 0 Å². The molecular weight excluding hydrogens is 466 g/mol. The van der Waals surface area contributed by atoms with Gasteiger partial charge in [0.25, 0.3) is 0 Å². The van der Waals surface area contributed by atoms with Crippen molar-refractivity contribution < 1.29 is 9.84 Å². The first-order valence-corrected chi connectivity index (χ1v) is 12.8. The van der Waals surface area contributed by atoms with Crippen LogP contribution in [0.25, 0.3) is 11.1 Å². The molecule has 10 heteroatoms. The summed E-state index contributed by atoms with van der Waals surface area (Å²) < 4.78 is 8.99. The van der Waals surface area contributed by atoms with E-state index in [4.69, 9.17) is 21.4 Å². The van der Waals surface area contributed by atoms with Crippen molar-refractivity contribution in [1.29, 1.82) is 0 Å². The molecule has 2 aromatic heterocycles. The van der Waals surface area contributed by atoms with Gasteiger partial charge < -0.3 is 20.1 Å².